The maximum atomic E-state index is 10.3. The number of primary amides is 1. The highest BCUT2D eigenvalue weighted by atomic mass is 32.2. The van der Waals surface area contributed by atoms with Crippen LogP contribution in [0.1, 0.15) is 6.42 Å². The molecule has 0 fully saturated rings. The zero-order valence-electron chi connectivity index (χ0n) is 6.71. The van der Waals surface area contributed by atoms with E-state index in [4.69, 9.17) is 5.73 Å². The quantitative estimate of drug-likeness (QED) is 0.257. The Bertz CT molecular complexity index is 143. The summed E-state index contributed by atoms with van der Waals surface area (Å²) in [5.74, 6) is 0.471. The van der Waals surface area contributed by atoms with Crippen LogP contribution in [0.4, 0.5) is 0 Å². The van der Waals surface area contributed by atoms with E-state index in [9.17, 15) is 9.59 Å². The van der Waals surface area contributed by atoms with Gasteiger partial charge in [0.05, 0.1) is 0 Å². The van der Waals surface area contributed by atoms with Crippen LogP contribution in [0.25, 0.3) is 0 Å². The normalized spacial score (nSPS) is 9.33. The molecule has 0 aliphatic carbocycles. The summed E-state index contributed by atoms with van der Waals surface area (Å²) in [6, 6.07) is 0. The van der Waals surface area contributed by atoms with Gasteiger partial charge in [-0.3, -0.25) is 9.59 Å². The van der Waals surface area contributed by atoms with Crippen LogP contribution in [0, 0.1) is 0 Å². The molecule has 12 heavy (non-hydrogen) atoms. The summed E-state index contributed by atoms with van der Waals surface area (Å²) in [6.45, 7) is 1.34. The van der Waals surface area contributed by atoms with Gasteiger partial charge < -0.3 is 15.8 Å². The Labute approximate surface area is 75.6 Å². The fourth-order valence-electron chi connectivity index (χ4n) is 0.553. The summed E-state index contributed by atoms with van der Waals surface area (Å²) >= 11 is 1.32. The minimum absolute atomic E-state index is 0.304. The molecular formula is C6H13N3O2S. The van der Waals surface area contributed by atoms with Crippen LogP contribution in [0.15, 0.2) is 0 Å². The molecule has 0 unspecified atom stereocenters. The van der Waals surface area contributed by atoms with Crippen molar-refractivity contribution in [3.8, 4) is 0 Å². The molecule has 5 nitrogen and oxygen atoms in total. The second-order valence-electron chi connectivity index (χ2n) is 2.05. The summed E-state index contributed by atoms with van der Waals surface area (Å²) in [7, 11) is 0. The molecule has 0 radical (unpaired) electrons. The van der Waals surface area contributed by atoms with Crippen LogP contribution in [-0.4, -0.2) is 31.2 Å². The number of carbonyl (C=O) groups excluding carboxylic acids is 2. The molecule has 0 aliphatic rings. The van der Waals surface area contributed by atoms with Gasteiger partial charge in [0.1, 0.15) is 0 Å². The Morgan fingerprint density at radius 1 is 1.50 bits per heavy atom. The zero-order chi connectivity index (χ0) is 9.23. The van der Waals surface area contributed by atoms with E-state index < -0.39 is 0 Å². The average Bonchev–Trinajstić information content (AvgIpc) is 2.02. The third-order valence-electron chi connectivity index (χ3n) is 1.06. The average molecular weight is 191 g/mol. The summed E-state index contributed by atoms with van der Waals surface area (Å²) in [5, 5.41) is 3.00. The number of hydrogen-bond acceptors (Lipinski definition) is 4. The molecule has 4 N–H and O–H groups in total. The number of amides is 2. The van der Waals surface area contributed by atoms with Crippen molar-refractivity contribution >= 4 is 24.3 Å². The van der Waals surface area contributed by atoms with Gasteiger partial charge in [-0.15, -0.1) is 0 Å². The molecule has 0 aromatic carbocycles. The molecule has 2 amide bonds. The van der Waals surface area contributed by atoms with Gasteiger partial charge in [-0.25, -0.2) is 0 Å². The third kappa shape index (κ3) is 9.25. The van der Waals surface area contributed by atoms with Gasteiger partial charge in [0.15, 0.2) is 0 Å². The van der Waals surface area contributed by atoms with Gasteiger partial charge >= 0.3 is 0 Å². The molecule has 0 heterocycles. The van der Waals surface area contributed by atoms with Crippen molar-refractivity contribution in [2.45, 2.75) is 6.42 Å². The zero-order valence-corrected chi connectivity index (χ0v) is 7.52. The van der Waals surface area contributed by atoms with Crippen molar-refractivity contribution in [2.24, 2.45) is 5.73 Å². The second kappa shape index (κ2) is 8.35. The minimum Gasteiger partial charge on any atom is -0.370 e. The lowest BCUT2D eigenvalue weighted by Crippen LogP contribution is -2.24. The predicted molar refractivity (Wildman–Crippen MR) is 48.3 cm³/mol. The molecule has 0 bridgehead atoms. The molecule has 0 aromatic heterocycles. The summed E-state index contributed by atoms with van der Waals surface area (Å²) < 4.78 is 2.45. The maximum Gasteiger partial charge on any atom is 0.218 e. The molecule has 0 saturated heterocycles. The molecule has 70 valence electrons. The van der Waals surface area contributed by atoms with Gasteiger partial charge in [-0.05, 0) is 11.9 Å². The lowest BCUT2D eigenvalue weighted by molar-refractivity contribution is -0.117. The van der Waals surface area contributed by atoms with Crippen molar-refractivity contribution in [3.63, 3.8) is 0 Å². The maximum absolute atomic E-state index is 10.3. The Morgan fingerprint density at radius 3 is 2.83 bits per heavy atom. The molecular weight excluding hydrogens is 178 g/mol. The Hall–Kier alpha value is -0.750. The summed E-state index contributed by atoms with van der Waals surface area (Å²) in [5.41, 5.74) is 4.91. The van der Waals surface area contributed by atoms with Crippen LogP contribution in [0.3, 0.4) is 0 Å². The first-order chi connectivity index (χ1) is 5.77. The van der Waals surface area contributed by atoms with E-state index in [1.54, 1.807) is 0 Å². The highest BCUT2D eigenvalue weighted by Gasteiger charge is 1.92. The highest BCUT2D eigenvalue weighted by molar-refractivity contribution is 7.97. The number of carbonyl (C=O) groups is 2. The van der Waals surface area contributed by atoms with Gasteiger partial charge in [-0.1, -0.05) is 0 Å². The van der Waals surface area contributed by atoms with Gasteiger partial charge in [0.2, 0.25) is 12.3 Å². The van der Waals surface area contributed by atoms with E-state index >= 15 is 0 Å². The van der Waals surface area contributed by atoms with Crippen LogP contribution in [0.2, 0.25) is 0 Å². The van der Waals surface area contributed by atoms with Crippen LogP contribution in [-0.2, 0) is 9.59 Å². The predicted octanol–water partition coefficient (Wildman–Crippen LogP) is -1.15. The van der Waals surface area contributed by atoms with Crippen molar-refractivity contribution < 1.29 is 9.59 Å². The van der Waals surface area contributed by atoms with Gasteiger partial charge in [0, 0.05) is 25.3 Å². The van der Waals surface area contributed by atoms with E-state index in [0.717, 1.165) is 12.3 Å². The fourth-order valence-corrected chi connectivity index (χ4v) is 0.985. The van der Waals surface area contributed by atoms with Gasteiger partial charge in [-0.2, -0.15) is 0 Å². The summed E-state index contributed by atoms with van der Waals surface area (Å²) in [4.78, 5) is 20.0. The Morgan fingerprint density at radius 2 is 2.25 bits per heavy atom. The van der Waals surface area contributed by atoms with E-state index in [2.05, 4.69) is 10.0 Å². The molecule has 0 rings (SSSR count). The van der Waals surface area contributed by atoms with E-state index in [0.29, 0.717) is 19.4 Å². The smallest absolute Gasteiger partial charge is 0.218 e. The highest BCUT2D eigenvalue weighted by Crippen LogP contribution is 1.87. The van der Waals surface area contributed by atoms with Crippen molar-refractivity contribution in [1.29, 1.82) is 0 Å². The Balaban J connectivity index is 2.90. The van der Waals surface area contributed by atoms with E-state index in [1.807, 2.05) is 0 Å². The molecule has 0 atom stereocenters. The number of nitrogens with two attached hydrogens (primary N) is 1. The van der Waals surface area contributed by atoms with Crippen molar-refractivity contribution in [1.82, 2.24) is 10.0 Å². The number of hydrogen-bond donors (Lipinski definition) is 3. The third-order valence-corrected chi connectivity index (χ3v) is 1.73. The van der Waals surface area contributed by atoms with Crippen molar-refractivity contribution in [2.75, 3.05) is 18.8 Å². The largest absolute Gasteiger partial charge is 0.370 e. The topological polar surface area (TPSA) is 84.2 Å². The minimum atomic E-state index is -0.304. The lowest BCUT2D eigenvalue weighted by atomic mass is 10.4. The second-order valence-corrected chi connectivity index (χ2v) is 2.98. The molecule has 0 aliphatic heterocycles. The monoisotopic (exact) mass is 191 g/mol. The van der Waals surface area contributed by atoms with E-state index in [-0.39, 0.29) is 5.91 Å². The van der Waals surface area contributed by atoms with Crippen LogP contribution in [0.5, 0.6) is 0 Å². The number of nitrogens with one attached hydrogen (secondary N) is 2. The van der Waals surface area contributed by atoms with Gasteiger partial charge in [0.25, 0.3) is 0 Å². The van der Waals surface area contributed by atoms with Crippen LogP contribution < -0.4 is 15.8 Å². The first-order valence-corrected chi connectivity index (χ1v) is 4.56. The molecule has 0 saturated carbocycles. The fraction of sp³-hybridized carbons (Fsp3) is 0.667. The Kier molecular flexibility index (Phi) is 7.83. The van der Waals surface area contributed by atoms with E-state index in [1.165, 1.54) is 11.9 Å². The first kappa shape index (κ1) is 11.2. The van der Waals surface area contributed by atoms with Crippen LogP contribution >= 0.6 is 11.9 Å². The summed E-state index contributed by atoms with van der Waals surface area (Å²) in [6.07, 6.45) is 0.986. The SMILES string of the molecule is NC(=O)CCNCCSNC=O. The molecule has 0 spiro atoms. The lowest BCUT2D eigenvalue weighted by Gasteiger charge is -2.01. The standard InChI is InChI=1S/C6H13N3O2S/c7-6(11)1-2-8-3-4-12-9-5-10/h5,8H,1-4H2,(H2,7,11)(H,9,10). The van der Waals surface area contributed by atoms with Crippen molar-refractivity contribution in [3.05, 3.63) is 0 Å². The molecule has 0 aromatic rings. The molecule has 6 heteroatoms. The first-order valence-electron chi connectivity index (χ1n) is 3.57. The number of rotatable bonds is 8.